The summed E-state index contributed by atoms with van der Waals surface area (Å²) in [6.07, 6.45) is 4.27. The second-order valence-corrected chi connectivity index (χ2v) is 14.4. The van der Waals surface area contributed by atoms with E-state index in [2.05, 4.69) is 107 Å². The molecule has 0 amide bonds. The number of nitrogens with zero attached hydrogens (tertiary/aromatic N) is 2. The lowest BCUT2D eigenvalue weighted by Gasteiger charge is -2.14. The summed E-state index contributed by atoms with van der Waals surface area (Å²) in [5, 5.41) is 0. The van der Waals surface area contributed by atoms with Gasteiger partial charge in [-0.05, 0) is 121 Å². The number of benzene rings is 4. The Labute approximate surface area is 307 Å². The molecule has 256 valence electrons. The van der Waals surface area contributed by atoms with E-state index >= 15 is 0 Å². The smallest absolute Gasteiger partial charge is 0.201 e. The first-order valence-corrected chi connectivity index (χ1v) is 17.7. The fraction of sp³-hybridized carbons (Fsp3) is 0.292. The first-order valence-electron chi connectivity index (χ1n) is 19.7. The van der Waals surface area contributed by atoms with Gasteiger partial charge in [0.1, 0.15) is 14.1 Å². The number of hydrogen-bond donors (Lipinski definition) is 0. The van der Waals surface area contributed by atoms with Crippen LogP contribution in [-0.4, -0.2) is 0 Å². The molecule has 0 aliphatic rings. The Hall–Kier alpha value is -4.82. The SMILES string of the molecule is Cc1cc(C)c(-c2cc(C(C)C)c(C)c[n+]2C)cc1-c1ccccc1.[2H]C([2H])([2H])c1cc(C)c(-c2cc(C)c(C([2H])(C)C)c[n+]2C)cc1-c1ccccc1. The first-order chi connectivity index (χ1) is 25.3. The van der Waals surface area contributed by atoms with Crippen LogP contribution in [0.15, 0.2) is 109 Å². The van der Waals surface area contributed by atoms with E-state index in [1.807, 2.05) is 81.9 Å². The van der Waals surface area contributed by atoms with Gasteiger partial charge in [-0.15, -0.1) is 0 Å². The highest BCUT2D eigenvalue weighted by Gasteiger charge is 2.20. The third-order valence-electron chi connectivity index (χ3n) is 9.81. The lowest BCUT2D eigenvalue weighted by molar-refractivity contribution is -0.661. The van der Waals surface area contributed by atoms with Gasteiger partial charge in [-0.25, -0.2) is 9.13 Å². The third-order valence-corrected chi connectivity index (χ3v) is 9.81. The van der Waals surface area contributed by atoms with Crippen LogP contribution in [0.4, 0.5) is 0 Å². The van der Waals surface area contributed by atoms with Gasteiger partial charge >= 0.3 is 0 Å². The van der Waals surface area contributed by atoms with E-state index in [1.165, 1.54) is 44.6 Å². The molecule has 0 aliphatic carbocycles. The van der Waals surface area contributed by atoms with E-state index < -0.39 is 12.7 Å². The van der Waals surface area contributed by atoms with E-state index in [0.29, 0.717) is 11.5 Å². The van der Waals surface area contributed by atoms with Gasteiger partial charge in [0, 0.05) is 39.9 Å². The van der Waals surface area contributed by atoms with Crippen LogP contribution in [0, 0.1) is 41.5 Å². The van der Waals surface area contributed by atoms with Crippen LogP contribution in [0.25, 0.3) is 44.8 Å². The molecule has 4 aromatic carbocycles. The highest BCUT2D eigenvalue weighted by molar-refractivity contribution is 5.77. The fourth-order valence-electron chi connectivity index (χ4n) is 7.13. The molecule has 0 bridgehead atoms. The van der Waals surface area contributed by atoms with Gasteiger partial charge in [0.15, 0.2) is 12.4 Å². The maximum Gasteiger partial charge on any atom is 0.212 e. The van der Waals surface area contributed by atoms with Crippen LogP contribution in [0.2, 0.25) is 0 Å². The van der Waals surface area contributed by atoms with Crippen molar-refractivity contribution in [2.24, 2.45) is 14.1 Å². The van der Waals surface area contributed by atoms with Gasteiger partial charge in [0.05, 0.1) is 0 Å². The molecule has 0 atom stereocenters. The Balaban J connectivity index is 0.000000210. The molecule has 0 saturated carbocycles. The van der Waals surface area contributed by atoms with Gasteiger partial charge in [-0.3, -0.25) is 0 Å². The summed E-state index contributed by atoms with van der Waals surface area (Å²) in [7, 11) is 4.12. The van der Waals surface area contributed by atoms with Crippen molar-refractivity contribution in [2.45, 2.75) is 81.0 Å². The largest absolute Gasteiger partial charge is 0.212 e. The van der Waals surface area contributed by atoms with Crippen LogP contribution in [0.5, 0.6) is 0 Å². The van der Waals surface area contributed by atoms with Crippen molar-refractivity contribution in [1.29, 1.82) is 0 Å². The topological polar surface area (TPSA) is 7.76 Å². The minimum atomic E-state index is -2.19. The molecular weight excluding hydrogens is 605 g/mol. The first kappa shape index (κ1) is 31.2. The Morgan fingerprint density at radius 3 is 1.44 bits per heavy atom. The number of rotatable bonds is 6. The second-order valence-electron chi connectivity index (χ2n) is 14.4. The van der Waals surface area contributed by atoms with Crippen molar-refractivity contribution in [2.75, 3.05) is 0 Å². The predicted molar refractivity (Wildman–Crippen MR) is 214 cm³/mol. The standard InChI is InChI=1S/2C24H28N/c1-16(2)21-14-24(25(6)15-19(21)5)23-13-22(17(3)12-18(23)4)20-10-8-7-9-11-20;1-16(2)23-15-25(6)24(13-19(23)5)22-14-21(17(3)12-18(22)4)20-10-8-7-9-11-20/h2*7-16H,1-6H3/q2*+1/i;3D3,16D. The summed E-state index contributed by atoms with van der Waals surface area (Å²) < 4.78 is 36.7. The Morgan fingerprint density at radius 1 is 0.480 bits per heavy atom. The van der Waals surface area contributed by atoms with Crippen molar-refractivity contribution >= 4 is 0 Å². The summed E-state index contributed by atoms with van der Waals surface area (Å²) in [5.41, 5.74) is 17.6. The van der Waals surface area contributed by atoms with Gasteiger partial charge in [0.2, 0.25) is 11.4 Å². The van der Waals surface area contributed by atoms with Crippen LogP contribution in [0.1, 0.15) is 89.5 Å². The maximum atomic E-state index is 8.40. The summed E-state index contributed by atoms with van der Waals surface area (Å²) in [4.78, 5) is 0. The molecule has 0 saturated heterocycles. The van der Waals surface area contributed by atoms with Crippen molar-refractivity contribution < 1.29 is 14.6 Å². The number of aromatic nitrogens is 2. The van der Waals surface area contributed by atoms with E-state index in [1.54, 1.807) is 6.07 Å². The number of pyridine rings is 2. The van der Waals surface area contributed by atoms with Crippen LogP contribution in [-0.2, 0) is 14.1 Å². The van der Waals surface area contributed by atoms with E-state index in [0.717, 1.165) is 39.1 Å². The van der Waals surface area contributed by atoms with Gasteiger partial charge < -0.3 is 0 Å². The van der Waals surface area contributed by atoms with Gasteiger partial charge in [-0.1, -0.05) is 100 Å². The van der Waals surface area contributed by atoms with Crippen molar-refractivity contribution in [3.05, 3.63) is 154 Å². The van der Waals surface area contributed by atoms with Crippen LogP contribution < -0.4 is 9.13 Å². The second kappa shape index (κ2) is 15.4. The average molecular weight is 665 g/mol. The molecule has 0 spiro atoms. The molecule has 2 heterocycles. The van der Waals surface area contributed by atoms with E-state index in [-0.39, 0.29) is 0 Å². The van der Waals surface area contributed by atoms with Crippen LogP contribution >= 0.6 is 0 Å². The lowest BCUT2D eigenvalue weighted by Crippen LogP contribution is -2.32. The Bertz CT molecular complexity index is 2280. The van der Waals surface area contributed by atoms with E-state index in [4.69, 9.17) is 5.48 Å². The molecule has 0 radical (unpaired) electrons. The Kier molecular flexibility index (Phi) is 9.59. The third kappa shape index (κ3) is 7.81. The van der Waals surface area contributed by atoms with Gasteiger partial charge in [0.25, 0.3) is 0 Å². The van der Waals surface area contributed by atoms with Crippen LogP contribution in [0.3, 0.4) is 0 Å². The average Bonchev–Trinajstić information content (AvgIpc) is 3.09. The molecule has 0 aliphatic heterocycles. The monoisotopic (exact) mass is 664 g/mol. The Morgan fingerprint density at radius 2 is 0.940 bits per heavy atom. The van der Waals surface area contributed by atoms with Crippen molar-refractivity contribution in [3.8, 4) is 44.8 Å². The molecule has 6 rings (SSSR count). The van der Waals surface area contributed by atoms with Crippen molar-refractivity contribution in [3.63, 3.8) is 0 Å². The normalized spacial score (nSPS) is 12.8. The zero-order valence-corrected chi connectivity index (χ0v) is 31.9. The summed E-state index contributed by atoms with van der Waals surface area (Å²) in [5.74, 6) is -0.158. The fourth-order valence-corrected chi connectivity index (χ4v) is 7.13. The molecule has 50 heavy (non-hydrogen) atoms. The molecule has 6 aromatic rings. The quantitative estimate of drug-likeness (QED) is 0.157. The molecule has 2 nitrogen and oxygen atoms in total. The zero-order valence-electron chi connectivity index (χ0n) is 35.9. The highest BCUT2D eigenvalue weighted by Crippen LogP contribution is 2.34. The molecule has 0 fully saturated rings. The maximum absolute atomic E-state index is 8.40. The predicted octanol–water partition coefficient (Wildman–Crippen LogP) is 11.8. The number of hydrogen-bond acceptors (Lipinski definition) is 0. The molecule has 2 heteroatoms. The van der Waals surface area contributed by atoms with Gasteiger partial charge in [-0.2, -0.15) is 0 Å². The molecule has 2 aromatic heterocycles. The minimum absolute atomic E-state index is 0.369. The lowest BCUT2D eigenvalue weighted by atomic mass is 9.91. The number of aryl methyl sites for hydroxylation is 8. The van der Waals surface area contributed by atoms with E-state index in [9.17, 15) is 0 Å². The highest BCUT2D eigenvalue weighted by atomic mass is 14.9. The zero-order chi connectivity index (χ0) is 39.7. The molecule has 0 unspecified atom stereocenters. The van der Waals surface area contributed by atoms with Crippen molar-refractivity contribution in [1.82, 2.24) is 0 Å². The summed E-state index contributed by atoms with van der Waals surface area (Å²) in [6, 6.07) is 33.3. The minimum Gasteiger partial charge on any atom is -0.201 e. The molecule has 0 N–H and O–H groups in total. The summed E-state index contributed by atoms with van der Waals surface area (Å²) in [6.45, 7) is 16.7. The summed E-state index contributed by atoms with van der Waals surface area (Å²) >= 11 is 0. The molecular formula is C48H56N2+2.